The predicted molar refractivity (Wildman–Crippen MR) is 87.6 cm³/mol. The second-order valence-corrected chi connectivity index (χ2v) is 6.31. The lowest BCUT2D eigenvalue weighted by molar-refractivity contribution is 0.0740. The van der Waals surface area contributed by atoms with E-state index in [-0.39, 0.29) is 23.7 Å². The molecule has 1 aromatic carbocycles. The van der Waals surface area contributed by atoms with Crippen molar-refractivity contribution >= 4 is 18.3 Å². The lowest BCUT2D eigenvalue weighted by Gasteiger charge is -2.29. The number of nitrogens with zero attached hydrogens (tertiary/aromatic N) is 1. The third-order valence-electron chi connectivity index (χ3n) is 3.39. The van der Waals surface area contributed by atoms with E-state index in [4.69, 9.17) is 5.73 Å². The van der Waals surface area contributed by atoms with Gasteiger partial charge in [0, 0.05) is 19.2 Å². The lowest BCUT2D eigenvalue weighted by atomic mass is 9.93. The molecule has 0 bridgehead atoms. The smallest absolute Gasteiger partial charge is 0.253 e. The fraction of sp³-hybridized carbons (Fsp3) is 0.562. The van der Waals surface area contributed by atoms with E-state index in [2.05, 4.69) is 27.7 Å². The number of carbonyl (C=O) groups is 1. The molecule has 0 spiro atoms. The first-order chi connectivity index (χ1) is 8.76. The molecule has 1 amide bonds. The molecular weight excluding hydrogens is 272 g/mol. The minimum Gasteiger partial charge on any atom is -0.341 e. The molecule has 0 aromatic heterocycles. The van der Waals surface area contributed by atoms with Crippen molar-refractivity contribution in [2.24, 2.45) is 11.1 Å². The zero-order valence-electron chi connectivity index (χ0n) is 13.1. The van der Waals surface area contributed by atoms with Gasteiger partial charge in [0.1, 0.15) is 0 Å². The van der Waals surface area contributed by atoms with Gasteiger partial charge in [-0.3, -0.25) is 4.79 Å². The van der Waals surface area contributed by atoms with Crippen molar-refractivity contribution in [3.05, 3.63) is 35.4 Å². The highest BCUT2D eigenvalue weighted by Crippen LogP contribution is 2.18. The van der Waals surface area contributed by atoms with E-state index < -0.39 is 0 Å². The second kappa shape index (κ2) is 7.65. The number of hydrogen-bond acceptors (Lipinski definition) is 2. The van der Waals surface area contributed by atoms with Crippen LogP contribution in [0.1, 0.15) is 49.5 Å². The molecule has 0 radical (unpaired) electrons. The number of nitrogens with two attached hydrogens (primary N) is 1. The van der Waals surface area contributed by atoms with E-state index in [1.54, 1.807) is 4.90 Å². The van der Waals surface area contributed by atoms with E-state index in [0.29, 0.717) is 19.0 Å². The summed E-state index contributed by atoms with van der Waals surface area (Å²) < 4.78 is 0. The van der Waals surface area contributed by atoms with Crippen LogP contribution in [-0.2, 0) is 0 Å². The van der Waals surface area contributed by atoms with Gasteiger partial charge in [0.05, 0.1) is 0 Å². The number of rotatable bonds is 5. The molecular formula is C16H27ClN2O. The average molecular weight is 299 g/mol. The van der Waals surface area contributed by atoms with Gasteiger partial charge < -0.3 is 10.6 Å². The largest absolute Gasteiger partial charge is 0.341 e. The van der Waals surface area contributed by atoms with Gasteiger partial charge in [-0.25, -0.2) is 0 Å². The molecule has 0 aliphatic rings. The van der Waals surface area contributed by atoms with E-state index in [1.165, 1.54) is 5.56 Å². The van der Waals surface area contributed by atoms with Gasteiger partial charge in [0.15, 0.2) is 0 Å². The molecule has 1 aromatic rings. The Kier molecular flexibility index (Phi) is 7.25. The standard InChI is InChI=1S/C16H26N2O.ClH/c1-12(2)13-6-8-14(9-7-13)15(19)18(5)11-16(3,4)10-17;/h6-9,12H,10-11,17H2,1-5H3;1H. The van der Waals surface area contributed by atoms with Crippen LogP contribution in [0.15, 0.2) is 24.3 Å². The number of carbonyl (C=O) groups excluding carboxylic acids is 1. The number of hydrogen-bond donors (Lipinski definition) is 1. The van der Waals surface area contributed by atoms with Crippen LogP contribution in [0.2, 0.25) is 0 Å². The summed E-state index contributed by atoms with van der Waals surface area (Å²) in [6.07, 6.45) is 0. The molecule has 114 valence electrons. The van der Waals surface area contributed by atoms with Crippen molar-refractivity contribution in [1.29, 1.82) is 0 Å². The third kappa shape index (κ3) is 5.14. The van der Waals surface area contributed by atoms with E-state index in [0.717, 1.165) is 5.56 Å². The molecule has 0 saturated heterocycles. The zero-order chi connectivity index (χ0) is 14.6. The summed E-state index contributed by atoms with van der Waals surface area (Å²) in [6.45, 7) is 9.65. The maximum atomic E-state index is 12.3. The summed E-state index contributed by atoms with van der Waals surface area (Å²) in [5, 5.41) is 0. The summed E-state index contributed by atoms with van der Waals surface area (Å²) in [6, 6.07) is 7.87. The minimum absolute atomic E-state index is 0. The summed E-state index contributed by atoms with van der Waals surface area (Å²) in [5.41, 5.74) is 7.64. The van der Waals surface area contributed by atoms with Gasteiger partial charge in [0.25, 0.3) is 5.91 Å². The molecule has 2 N–H and O–H groups in total. The van der Waals surface area contributed by atoms with Gasteiger partial charge in [-0.05, 0) is 35.6 Å². The average Bonchev–Trinajstić information content (AvgIpc) is 2.37. The van der Waals surface area contributed by atoms with Crippen molar-refractivity contribution in [3.63, 3.8) is 0 Å². The second-order valence-electron chi connectivity index (χ2n) is 6.31. The first kappa shape index (κ1) is 18.9. The first-order valence-electron chi connectivity index (χ1n) is 6.82. The molecule has 0 atom stereocenters. The summed E-state index contributed by atoms with van der Waals surface area (Å²) in [4.78, 5) is 14.1. The monoisotopic (exact) mass is 298 g/mol. The van der Waals surface area contributed by atoms with Crippen molar-refractivity contribution < 1.29 is 4.79 Å². The summed E-state index contributed by atoms with van der Waals surface area (Å²) >= 11 is 0. The van der Waals surface area contributed by atoms with E-state index in [9.17, 15) is 4.79 Å². The normalized spacial score (nSPS) is 11.2. The van der Waals surface area contributed by atoms with Crippen molar-refractivity contribution in [1.82, 2.24) is 4.90 Å². The number of benzene rings is 1. The predicted octanol–water partition coefficient (Wildman–Crippen LogP) is 3.29. The fourth-order valence-corrected chi connectivity index (χ4v) is 2.01. The van der Waals surface area contributed by atoms with Gasteiger partial charge in [0.2, 0.25) is 0 Å². The van der Waals surface area contributed by atoms with Gasteiger partial charge >= 0.3 is 0 Å². The van der Waals surface area contributed by atoms with Crippen molar-refractivity contribution in [3.8, 4) is 0 Å². The molecule has 0 fully saturated rings. The molecule has 0 unspecified atom stereocenters. The Morgan fingerprint density at radius 2 is 1.75 bits per heavy atom. The SMILES string of the molecule is CC(C)c1ccc(C(=O)N(C)CC(C)(C)CN)cc1.Cl. The maximum absolute atomic E-state index is 12.3. The fourth-order valence-electron chi connectivity index (χ4n) is 2.01. The summed E-state index contributed by atoms with van der Waals surface area (Å²) in [5.74, 6) is 0.537. The van der Waals surface area contributed by atoms with E-state index >= 15 is 0 Å². The Bertz CT molecular complexity index is 427. The number of amides is 1. The van der Waals surface area contributed by atoms with Crippen LogP contribution in [0.4, 0.5) is 0 Å². The zero-order valence-corrected chi connectivity index (χ0v) is 14.0. The van der Waals surface area contributed by atoms with E-state index in [1.807, 2.05) is 31.3 Å². The number of halogens is 1. The topological polar surface area (TPSA) is 46.3 Å². The highest BCUT2D eigenvalue weighted by molar-refractivity contribution is 5.94. The Labute approximate surface area is 128 Å². The molecule has 0 aliphatic heterocycles. The Hall–Kier alpha value is -1.06. The lowest BCUT2D eigenvalue weighted by Crippen LogP contribution is -2.39. The van der Waals surface area contributed by atoms with Crippen LogP contribution in [0.5, 0.6) is 0 Å². The van der Waals surface area contributed by atoms with Gasteiger partial charge in [-0.1, -0.05) is 39.8 Å². The van der Waals surface area contributed by atoms with Crippen LogP contribution in [0.3, 0.4) is 0 Å². The van der Waals surface area contributed by atoms with Crippen LogP contribution >= 0.6 is 12.4 Å². The molecule has 0 aliphatic carbocycles. The molecule has 0 heterocycles. The molecule has 3 nitrogen and oxygen atoms in total. The quantitative estimate of drug-likeness (QED) is 0.906. The van der Waals surface area contributed by atoms with Crippen molar-refractivity contribution in [2.75, 3.05) is 20.1 Å². The molecule has 1 rings (SSSR count). The van der Waals surface area contributed by atoms with Crippen LogP contribution < -0.4 is 5.73 Å². The summed E-state index contributed by atoms with van der Waals surface area (Å²) in [7, 11) is 1.83. The molecule has 0 saturated carbocycles. The van der Waals surface area contributed by atoms with Crippen LogP contribution in [0.25, 0.3) is 0 Å². The first-order valence-corrected chi connectivity index (χ1v) is 6.82. The maximum Gasteiger partial charge on any atom is 0.253 e. The Morgan fingerprint density at radius 1 is 1.25 bits per heavy atom. The van der Waals surface area contributed by atoms with Gasteiger partial charge in [-0.15, -0.1) is 12.4 Å². The van der Waals surface area contributed by atoms with Crippen LogP contribution in [0, 0.1) is 5.41 Å². The Balaban J connectivity index is 0.00000361. The molecule has 20 heavy (non-hydrogen) atoms. The van der Waals surface area contributed by atoms with Crippen LogP contribution in [-0.4, -0.2) is 30.9 Å². The minimum atomic E-state index is -0.0533. The van der Waals surface area contributed by atoms with Gasteiger partial charge in [-0.2, -0.15) is 0 Å². The molecule has 4 heteroatoms. The third-order valence-corrected chi connectivity index (χ3v) is 3.39. The Morgan fingerprint density at radius 3 is 2.15 bits per heavy atom. The van der Waals surface area contributed by atoms with Crippen molar-refractivity contribution in [2.45, 2.75) is 33.6 Å². The highest BCUT2D eigenvalue weighted by Gasteiger charge is 2.21. The highest BCUT2D eigenvalue weighted by atomic mass is 35.5.